The lowest BCUT2D eigenvalue weighted by molar-refractivity contribution is -0.157. The number of aryl methyl sites for hydroxylation is 1. The molecule has 0 radical (unpaired) electrons. The Morgan fingerprint density at radius 2 is 2.10 bits per heavy atom. The summed E-state index contributed by atoms with van der Waals surface area (Å²) in [5.41, 5.74) is 5.14. The first kappa shape index (κ1) is 19.6. The lowest BCUT2D eigenvalue weighted by Crippen LogP contribution is -2.32. The number of aliphatic hydroxyl groups is 1. The molecule has 7 heteroatoms. The van der Waals surface area contributed by atoms with Gasteiger partial charge in [0.15, 0.2) is 6.10 Å². The molecule has 158 valence electrons. The van der Waals surface area contributed by atoms with Crippen molar-refractivity contribution >= 4 is 22.9 Å². The number of aromatic nitrogens is 2. The molecule has 1 N–H and O–H groups in total. The molecule has 1 aromatic carbocycles. The van der Waals surface area contributed by atoms with Gasteiger partial charge in [0.1, 0.15) is 12.4 Å². The van der Waals surface area contributed by atoms with E-state index in [0.717, 1.165) is 22.1 Å². The van der Waals surface area contributed by atoms with E-state index in [0.29, 0.717) is 35.4 Å². The molecule has 4 heterocycles. The van der Waals surface area contributed by atoms with Crippen molar-refractivity contribution in [2.75, 3.05) is 0 Å². The quantitative estimate of drug-likeness (QED) is 0.502. The Labute approximate surface area is 177 Å². The van der Waals surface area contributed by atoms with Gasteiger partial charge in [-0.05, 0) is 43.0 Å². The van der Waals surface area contributed by atoms with Crippen molar-refractivity contribution in [3.8, 4) is 11.4 Å². The van der Waals surface area contributed by atoms with Gasteiger partial charge in [0.25, 0.3) is 5.56 Å². The number of carbonyl (C=O) groups excluding carboxylic acids is 1. The average Bonchev–Trinajstić information content (AvgIpc) is 3.11. The molecule has 5 rings (SSSR count). The number of esters is 1. The molecule has 0 bridgehead atoms. The SMILES string of the molecule is C/C=C/c1c(C)c(F)cc2nc3c(c(CC)c12)Cn1c-3cc2c(c1=O)COC(=O)[C@H]2O. The monoisotopic (exact) mass is 420 g/mol. The van der Waals surface area contributed by atoms with E-state index in [1.807, 2.05) is 26.0 Å². The Bertz CT molecular complexity index is 1390. The zero-order valence-corrected chi connectivity index (χ0v) is 17.5. The Balaban J connectivity index is 1.86. The minimum Gasteiger partial charge on any atom is -0.458 e. The number of pyridine rings is 2. The van der Waals surface area contributed by atoms with E-state index in [9.17, 15) is 19.1 Å². The van der Waals surface area contributed by atoms with Gasteiger partial charge in [-0.15, -0.1) is 0 Å². The van der Waals surface area contributed by atoms with Gasteiger partial charge in [0.2, 0.25) is 0 Å². The molecule has 2 aliphatic heterocycles. The van der Waals surface area contributed by atoms with Crippen LogP contribution in [0.5, 0.6) is 0 Å². The summed E-state index contributed by atoms with van der Waals surface area (Å²) in [4.78, 5) is 29.7. The highest BCUT2D eigenvalue weighted by Crippen LogP contribution is 2.40. The fourth-order valence-electron chi connectivity index (χ4n) is 4.75. The Kier molecular flexibility index (Phi) is 4.34. The molecule has 0 saturated carbocycles. The molecule has 0 unspecified atom stereocenters. The van der Waals surface area contributed by atoms with Gasteiger partial charge in [0.05, 0.1) is 29.0 Å². The van der Waals surface area contributed by atoms with E-state index >= 15 is 0 Å². The molecule has 0 saturated heterocycles. The number of nitrogens with zero attached hydrogens (tertiary/aromatic N) is 2. The number of rotatable bonds is 2. The van der Waals surface area contributed by atoms with E-state index in [-0.39, 0.29) is 29.1 Å². The number of allylic oxidation sites excluding steroid dienone is 1. The molecule has 0 amide bonds. The Morgan fingerprint density at radius 1 is 1.32 bits per heavy atom. The molecular formula is C24H21FN2O4. The van der Waals surface area contributed by atoms with Crippen molar-refractivity contribution in [3.63, 3.8) is 0 Å². The first-order chi connectivity index (χ1) is 14.9. The molecule has 0 spiro atoms. The summed E-state index contributed by atoms with van der Waals surface area (Å²) in [6.45, 7) is 5.84. The summed E-state index contributed by atoms with van der Waals surface area (Å²) in [5.74, 6) is -1.11. The van der Waals surface area contributed by atoms with Crippen LogP contribution in [0.15, 0.2) is 23.0 Å². The minimum atomic E-state index is -1.50. The summed E-state index contributed by atoms with van der Waals surface area (Å²) in [5, 5.41) is 11.2. The predicted octanol–water partition coefficient (Wildman–Crippen LogP) is 3.56. The topological polar surface area (TPSA) is 81.4 Å². The summed E-state index contributed by atoms with van der Waals surface area (Å²) in [6, 6.07) is 3.08. The maximum atomic E-state index is 14.7. The van der Waals surface area contributed by atoms with Crippen LogP contribution in [-0.2, 0) is 29.1 Å². The first-order valence-corrected chi connectivity index (χ1v) is 10.3. The normalized spacial score (nSPS) is 17.1. The number of halogens is 1. The molecule has 0 aliphatic carbocycles. The van der Waals surface area contributed by atoms with Crippen LogP contribution in [-0.4, -0.2) is 20.6 Å². The fraction of sp³-hybridized carbons (Fsp3) is 0.292. The molecule has 2 aliphatic rings. The minimum absolute atomic E-state index is 0.160. The highest BCUT2D eigenvalue weighted by molar-refractivity contribution is 5.95. The second-order valence-electron chi connectivity index (χ2n) is 7.93. The molecule has 1 atom stereocenters. The highest BCUT2D eigenvalue weighted by atomic mass is 19.1. The van der Waals surface area contributed by atoms with E-state index in [1.54, 1.807) is 17.6 Å². The van der Waals surface area contributed by atoms with Crippen LogP contribution in [0.25, 0.3) is 28.4 Å². The maximum Gasteiger partial charge on any atom is 0.340 e. The van der Waals surface area contributed by atoms with Crippen molar-refractivity contribution < 1.29 is 19.0 Å². The van der Waals surface area contributed by atoms with Gasteiger partial charge in [-0.2, -0.15) is 0 Å². The largest absolute Gasteiger partial charge is 0.458 e. The fourth-order valence-corrected chi connectivity index (χ4v) is 4.75. The van der Waals surface area contributed by atoms with Gasteiger partial charge in [-0.25, -0.2) is 14.2 Å². The molecule has 0 fully saturated rings. The second kappa shape index (κ2) is 6.85. The Hall–Kier alpha value is -3.32. The third-order valence-corrected chi connectivity index (χ3v) is 6.29. The molecule has 6 nitrogen and oxygen atoms in total. The lowest BCUT2D eigenvalue weighted by Gasteiger charge is -2.21. The van der Waals surface area contributed by atoms with Crippen LogP contribution < -0.4 is 5.56 Å². The zero-order valence-electron chi connectivity index (χ0n) is 17.5. The van der Waals surface area contributed by atoms with Crippen LogP contribution in [0.4, 0.5) is 4.39 Å². The van der Waals surface area contributed by atoms with E-state index in [2.05, 4.69) is 0 Å². The maximum absolute atomic E-state index is 14.7. The van der Waals surface area contributed by atoms with Crippen LogP contribution in [0.1, 0.15) is 53.3 Å². The van der Waals surface area contributed by atoms with Gasteiger partial charge in [0, 0.05) is 22.6 Å². The summed E-state index contributed by atoms with van der Waals surface area (Å²) in [7, 11) is 0. The number of benzene rings is 1. The number of hydrogen-bond donors (Lipinski definition) is 1. The van der Waals surface area contributed by atoms with Crippen molar-refractivity contribution in [3.05, 3.63) is 67.8 Å². The smallest absolute Gasteiger partial charge is 0.340 e. The summed E-state index contributed by atoms with van der Waals surface area (Å²) >= 11 is 0. The van der Waals surface area contributed by atoms with Gasteiger partial charge < -0.3 is 14.4 Å². The van der Waals surface area contributed by atoms with Crippen LogP contribution in [0, 0.1) is 12.7 Å². The number of ether oxygens (including phenoxy) is 1. The third-order valence-electron chi connectivity index (χ3n) is 6.29. The average molecular weight is 420 g/mol. The van der Waals surface area contributed by atoms with Crippen LogP contribution in [0.2, 0.25) is 0 Å². The van der Waals surface area contributed by atoms with E-state index in [1.165, 1.54) is 6.07 Å². The number of cyclic esters (lactones) is 1. The number of fused-ring (bicyclic) bond motifs is 5. The van der Waals surface area contributed by atoms with Crippen molar-refractivity contribution in [2.24, 2.45) is 0 Å². The Morgan fingerprint density at radius 3 is 2.81 bits per heavy atom. The predicted molar refractivity (Wildman–Crippen MR) is 114 cm³/mol. The van der Waals surface area contributed by atoms with Crippen molar-refractivity contribution in [2.45, 2.75) is 46.4 Å². The van der Waals surface area contributed by atoms with Crippen molar-refractivity contribution in [1.82, 2.24) is 9.55 Å². The van der Waals surface area contributed by atoms with Crippen LogP contribution in [0.3, 0.4) is 0 Å². The third kappa shape index (κ3) is 2.63. The number of carbonyl (C=O) groups is 1. The molecular weight excluding hydrogens is 399 g/mol. The molecule has 3 aromatic rings. The van der Waals surface area contributed by atoms with Crippen molar-refractivity contribution in [1.29, 1.82) is 0 Å². The van der Waals surface area contributed by atoms with E-state index in [4.69, 9.17) is 9.72 Å². The molecule has 31 heavy (non-hydrogen) atoms. The van der Waals surface area contributed by atoms with Gasteiger partial charge >= 0.3 is 5.97 Å². The number of aliphatic hydroxyl groups excluding tert-OH is 1. The highest BCUT2D eigenvalue weighted by Gasteiger charge is 2.34. The van der Waals surface area contributed by atoms with Gasteiger partial charge in [-0.1, -0.05) is 19.1 Å². The van der Waals surface area contributed by atoms with Gasteiger partial charge in [-0.3, -0.25) is 4.79 Å². The number of hydrogen-bond acceptors (Lipinski definition) is 5. The van der Waals surface area contributed by atoms with Crippen LogP contribution >= 0.6 is 0 Å². The lowest BCUT2D eigenvalue weighted by atomic mass is 9.92. The van der Waals surface area contributed by atoms with E-state index < -0.39 is 12.1 Å². The summed E-state index contributed by atoms with van der Waals surface area (Å²) < 4.78 is 21.2. The summed E-state index contributed by atoms with van der Waals surface area (Å²) in [6.07, 6.45) is 2.95. The first-order valence-electron chi connectivity index (χ1n) is 10.3. The zero-order chi connectivity index (χ0) is 22.0. The molecule has 2 aromatic heterocycles. The second-order valence-corrected chi connectivity index (χ2v) is 7.93. The standard InChI is InChI=1S/C24H21FN2O4/c1-4-6-13-11(3)17(25)8-18-20(13)12(5-2)15-9-27-19(21(15)26-18)7-14-16(23(27)29)10-31-24(30)22(14)28/h4,6-8,22,28H,5,9-10H2,1-3H3/b6-4+/t22-/m0/s1.